The second-order valence-corrected chi connectivity index (χ2v) is 9.44. The molecule has 5 heterocycles. The van der Waals surface area contributed by atoms with Gasteiger partial charge in [-0.15, -0.1) is 11.3 Å². The number of nitrogen functional groups attached to an aromatic ring is 1. The maximum absolute atomic E-state index is 12.7. The van der Waals surface area contributed by atoms with Crippen molar-refractivity contribution in [3.05, 3.63) is 76.1 Å². The summed E-state index contributed by atoms with van der Waals surface area (Å²) in [6.07, 6.45) is 6.35. The second kappa shape index (κ2) is 7.63. The molecule has 1 atom stereocenters. The van der Waals surface area contributed by atoms with Crippen LogP contribution in [0.3, 0.4) is 0 Å². The van der Waals surface area contributed by atoms with Crippen molar-refractivity contribution in [1.29, 1.82) is 0 Å². The lowest BCUT2D eigenvalue weighted by Gasteiger charge is -2.31. The van der Waals surface area contributed by atoms with E-state index in [0.717, 1.165) is 60.0 Å². The number of carbonyl (C=O) groups excluding carboxylic acids is 1. The molecular formula is C24H24N6OS. The quantitative estimate of drug-likeness (QED) is 0.497. The van der Waals surface area contributed by atoms with E-state index in [4.69, 9.17) is 10.7 Å². The number of imidazole rings is 1. The first kappa shape index (κ1) is 19.3. The Morgan fingerprint density at radius 3 is 2.78 bits per heavy atom. The molecule has 3 aromatic heterocycles. The van der Waals surface area contributed by atoms with Gasteiger partial charge in [0.25, 0.3) is 5.91 Å². The van der Waals surface area contributed by atoms with Crippen molar-refractivity contribution in [3.8, 4) is 0 Å². The smallest absolute Gasteiger partial charge is 0.263 e. The van der Waals surface area contributed by atoms with Crippen LogP contribution in [0.25, 0.3) is 5.52 Å². The summed E-state index contributed by atoms with van der Waals surface area (Å²) in [5.74, 6) is 1.93. The molecule has 1 unspecified atom stereocenters. The number of hydrogen-bond donors (Lipinski definition) is 2. The van der Waals surface area contributed by atoms with E-state index in [9.17, 15) is 4.79 Å². The Hall–Kier alpha value is -3.39. The molecule has 2 aliphatic rings. The average molecular weight is 445 g/mol. The summed E-state index contributed by atoms with van der Waals surface area (Å²) in [5.41, 5.74) is 10.6. The average Bonchev–Trinajstić information content (AvgIpc) is 3.57. The molecule has 7 nitrogen and oxygen atoms in total. The van der Waals surface area contributed by atoms with Crippen LogP contribution >= 0.6 is 11.3 Å². The lowest BCUT2D eigenvalue weighted by atomic mass is 9.96. The zero-order valence-electron chi connectivity index (χ0n) is 17.6. The van der Waals surface area contributed by atoms with Crippen LogP contribution in [0.2, 0.25) is 0 Å². The van der Waals surface area contributed by atoms with E-state index in [2.05, 4.69) is 32.9 Å². The summed E-state index contributed by atoms with van der Waals surface area (Å²) < 4.78 is 2.11. The van der Waals surface area contributed by atoms with Crippen molar-refractivity contribution < 1.29 is 4.79 Å². The Bertz CT molecular complexity index is 1260. The Kier molecular flexibility index (Phi) is 4.61. The van der Waals surface area contributed by atoms with Crippen LogP contribution in [0, 0.1) is 0 Å². The third kappa shape index (κ3) is 3.14. The highest BCUT2D eigenvalue weighted by Crippen LogP contribution is 2.38. The summed E-state index contributed by atoms with van der Waals surface area (Å²) in [5, 5.41) is 5.56. The maximum atomic E-state index is 12.7. The first-order valence-corrected chi connectivity index (χ1v) is 11.9. The zero-order valence-corrected chi connectivity index (χ0v) is 18.4. The molecule has 32 heavy (non-hydrogen) atoms. The minimum absolute atomic E-state index is 0.0724. The number of nitrogens with two attached hydrogens (primary N) is 1. The summed E-state index contributed by atoms with van der Waals surface area (Å²) in [6.45, 7) is 1.47. The van der Waals surface area contributed by atoms with Crippen molar-refractivity contribution in [1.82, 2.24) is 19.3 Å². The van der Waals surface area contributed by atoms with E-state index < -0.39 is 0 Å². The van der Waals surface area contributed by atoms with E-state index in [1.807, 2.05) is 34.7 Å². The van der Waals surface area contributed by atoms with Gasteiger partial charge in [0.1, 0.15) is 17.2 Å². The molecule has 0 radical (unpaired) electrons. The molecule has 8 heteroatoms. The predicted octanol–water partition coefficient (Wildman–Crippen LogP) is 4.10. The van der Waals surface area contributed by atoms with Crippen LogP contribution in [0.1, 0.15) is 51.6 Å². The van der Waals surface area contributed by atoms with Crippen LogP contribution in [0.4, 0.5) is 11.5 Å². The number of nitrogens with zero attached hydrogens (tertiary/aromatic N) is 4. The Morgan fingerprint density at radius 1 is 1.16 bits per heavy atom. The van der Waals surface area contributed by atoms with Gasteiger partial charge >= 0.3 is 0 Å². The second-order valence-electron chi connectivity index (χ2n) is 8.49. The lowest BCUT2D eigenvalue weighted by Crippen LogP contribution is -2.37. The van der Waals surface area contributed by atoms with Gasteiger partial charge in [0.2, 0.25) is 0 Å². The Morgan fingerprint density at radius 2 is 2.00 bits per heavy atom. The van der Waals surface area contributed by atoms with E-state index in [1.54, 1.807) is 6.20 Å². The number of hydrogen-bond acceptors (Lipinski definition) is 6. The van der Waals surface area contributed by atoms with E-state index in [0.29, 0.717) is 5.82 Å². The van der Waals surface area contributed by atoms with Crippen LogP contribution in [0.15, 0.2) is 54.2 Å². The number of likely N-dealkylation sites (tertiary alicyclic amines) is 1. The van der Waals surface area contributed by atoms with Crippen LogP contribution in [-0.4, -0.2) is 38.3 Å². The molecule has 1 fully saturated rings. The summed E-state index contributed by atoms with van der Waals surface area (Å²) in [4.78, 5) is 25.0. The number of rotatable bonds is 3. The van der Waals surface area contributed by atoms with Gasteiger partial charge in [-0.25, -0.2) is 9.97 Å². The van der Waals surface area contributed by atoms with Gasteiger partial charge in [-0.2, -0.15) is 0 Å². The number of benzene rings is 1. The number of carbonyl (C=O) groups is 1. The Balaban J connectivity index is 1.29. The molecule has 1 saturated heterocycles. The summed E-state index contributed by atoms with van der Waals surface area (Å²) >= 11 is 1.50. The van der Waals surface area contributed by atoms with Crippen LogP contribution in [0.5, 0.6) is 0 Å². The molecule has 3 N–H and O–H groups in total. The number of thiophene rings is 1. The molecule has 0 bridgehead atoms. The molecule has 0 aliphatic carbocycles. The zero-order chi connectivity index (χ0) is 21.7. The third-order valence-electron chi connectivity index (χ3n) is 6.62. The van der Waals surface area contributed by atoms with Crippen molar-refractivity contribution in [2.24, 2.45) is 0 Å². The van der Waals surface area contributed by atoms with Gasteiger partial charge in [-0.3, -0.25) is 9.20 Å². The minimum atomic E-state index is 0.0724. The number of amides is 1. The highest BCUT2D eigenvalue weighted by Gasteiger charge is 2.32. The number of para-hydroxylation sites is 1. The van der Waals surface area contributed by atoms with Gasteiger partial charge < -0.3 is 16.0 Å². The van der Waals surface area contributed by atoms with Gasteiger partial charge in [0, 0.05) is 43.5 Å². The third-order valence-corrected chi connectivity index (χ3v) is 7.48. The number of piperidine rings is 1. The number of fused-ring (bicyclic) bond motifs is 2. The van der Waals surface area contributed by atoms with Crippen LogP contribution < -0.4 is 11.1 Å². The van der Waals surface area contributed by atoms with Gasteiger partial charge in [0.15, 0.2) is 0 Å². The topological polar surface area (TPSA) is 88.5 Å². The minimum Gasteiger partial charge on any atom is -0.382 e. The monoisotopic (exact) mass is 444 g/mol. The molecule has 6 rings (SSSR count). The van der Waals surface area contributed by atoms with E-state index >= 15 is 0 Å². The van der Waals surface area contributed by atoms with E-state index in [1.165, 1.54) is 16.9 Å². The highest BCUT2D eigenvalue weighted by molar-refractivity contribution is 7.12. The van der Waals surface area contributed by atoms with E-state index in [-0.39, 0.29) is 17.9 Å². The molecule has 0 spiro atoms. The van der Waals surface area contributed by atoms with Gasteiger partial charge in [-0.1, -0.05) is 24.3 Å². The molecule has 162 valence electrons. The SMILES string of the molecule is Nc1nccn2c(C3CCN(C(=O)c4cccs4)CC3)nc(C3Cc4ccccc4N3)c12. The largest absolute Gasteiger partial charge is 0.382 e. The fraction of sp³-hybridized carbons (Fsp3) is 0.292. The number of anilines is 2. The molecule has 2 aliphatic heterocycles. The van der Waals surface area contributed by atoms with Crippen molar-refractivity contribution >= 4 is 34.3 Å². The Labute approximate surface area is 189 Å². The van der Waals surface area contributed by atoms with Crippen molar-refractivity contribution in [2.75, 3.05) is 24.1 Å². The standard InChI is InChI=1S/C24H24N6OS/c25-22-21-20(18-14-16-4-1-2-5-17(16)27-18)28-23(30(21)12-9-26-22)15-7-10-29(11-8-15)24(31)19-6-3-13-32-19/h1-6,9,12-13,15,18,27H,7-8,10-11,14H2,(H2,25,26). The van der Waals surface area contributed by atoms with Gasteiger partial charge in [-0.05, 0) is 35.9 Å². The molecule has 1 amide bonds. The van der Waals surface area contributed by atoms with Crippen molar-refractivity contribution in [3.63, 3.8) is 0 Å². The predicted molar refractivity (Wildman–Crippen MR) is 126 cm³/mol. The number of aromatic nitrogens is 3. The first-order chi connectivity index (χ1) is 15.7. The maximum Gasteiger partial charge on any atom is 0.263 e. The van der Waals surface area contributed by atoms with Gasteiger partial charge in [0.05, 0.1) is 16.6 Å². The molecular weight excluding hydrogens is 420 g/mol. The highest BCUT2D eigenvalue weighted by atomic mass is 32.1. The molecule has 1 aromatic carbocycles. The molecule has 0 saturated carbocycles. The normalized spacial score (nSPS) is 18.6. The molecule has 4 aromatic rings. The number of nitrogens with one attached hydrogen (secondary N) is 1. The summed E-state index contributed by atoms with van der Waals surface area (Å²) in [7, 11) is 0. The fourth-order valence-corrected chi connectivity index (χ4v) is 5.70. The van der Waals surface area contributed by atoms with Crippen LogP contribution in [-0.2, 0) is 6.42 Å². The lowest BCUT2D eigenvalue weighted by molar-refractivity contribution is 0.0716. The fourth-order valence-electron chi connectivity index (χ4n) is 5.01. The van der Waals surface area contributed by atoms with Crippen molar-refractivity contribution in [2.45, 2.75) is 31.2 Å². The first-order valence-electron chi connectivity index (χ1n) is 11.0. The summed E-state index contributed by atoms with van der Waals surface area (Å²) in [6, 6.07) is 12.3.